The molecule has 0 saturated heterocycles. The minimum atomic E-state index is -0.295. The van der Waals surface area contributed by atoms with Gasteiger partial charge in [0.2, 0.25) is 0 Å². The zero-order chi connectivity index (χ0) is 21.0. The number of methoxy groups -OCH3 is 1. The number of fused-ring (bicyclic) bond motifs is 1. The molecule has 0 aliphatic rings. The highest BCUT2D eigenvalue weighted by Crippen LogP contribution is 2.36. The topological polar surface area (TPSA) is 113 Å². The Morgan fingerprint density at radius 3 is 2.72 bits per heavy atom. The van der Waals surface area contributed by atoms with Crippen molar-refractivity contribution in [2.45, 2.75) is 0 Å². The summed E-state index contributed by atoms with van der Waals surface area (Å²) in [5.41, 5.74) is 8.97. The van der Waals surface area contributed by atoms with Crippen molar-refractivity contribution in [3.8, 4) is 22.9 Å². The third-order valence-corrected chi connectivity index (χ3v) is 4.56. The molecule has 0 atom stereocenters. The van der Waals surface area contributed by atoms with E-state index in [1.165, 1.54) is 0 Å². The van der Waals surface area contributed by atoms with Crippen LogP contribution in [0.4, 0.5) is 11.5 Å². The van der Waals surface area contributed by atoms with Crippen molar-refractivity contribution in [3.05, 3.63) is 60.3 Å². The molecule has 1 heterocycles. The molecule has 4 N–H and O–H groups in total. The molecular weight excluding hydrogens is 366 g/mol. The molecule has 0 bridgehead atoms. The van der Waals surface area contributed by atoms with Crippen LogP contribution in [0.15, 0.2) is 54.7 Å². The Kier molecular flexibility index (Phi) is 5.65. The first-order chi connectivity index (χ1) is 14.0. The van der Waals surface area contributed by atoms with Crippen LogP contribution in [0, 0.1) is 11.3 Å². The number of hydrogen-bond donors (Lipinski definition) is 3. The number of nitrogens with zero attached hydrogens (tertiary/aromatic N) is 2. The summed E-state index contributed by atoms with van der Waals surface area (Å²) in [6, 6.07) is 13.5. The lowest BCUT2D eigenvalue weighted by molar-refractivity contribution is 0.0963. The summed E-state index contributed by atoms with van der Waals surface area (Å²) in [7, 11) is 3.14. The lowest BCUT2D eigenvalue weighted by Gasteiger charge is -2.15. The molecule has 0 aliphatic carbocycles. The van der Waals surface area contributed by atoms with E-state index in [4.69, 9.17) is 15.7 Å². The third kappa shape index (κ3) is 3.96. The van der Waals surface area contributed by atoms with Gasteiger partial charge in [-0.15, -0.1) is 0 Å². The lowest BCUT2D eigenvalue weighted by Crippen LogP contribution is -2.19. The second-order valence-corrected chi connectivity index (χ2v) is 6.38. The van der Waals surface area contributed by atoms with Crippen molar-refractivity contribution >= 4 is 28.2 Å². The first-order valence-corrected chi connectivity index (χ1v) is 8.89. The molecule has 146 valence electrons. The summed E-state index contributed by atoms with van der Waals surface area (Å²) in [4.78, 5) is 16.2. The zero-order valence-electron chi connectivity index (χ0n) is 16.2. The Bertz CT molecular complexity index is 1150. The number of nitrogens with one attached hydrogen (secondary N) is 2. The molecular formula is C22H21N5O2. The summed E-state index contributed by atoms with van der Waals surface area (Å²) in [5.74, 6) is 0.534. The van der Waals surface area contributed by atoms with Crippen LogP contribution < -0.4 is 21.1 Å². The van der Waals surface area contributed by atoms with Gasteiger partial charge in [-0.05, 0) is 29.1 Å². The van der Waals surface area contributed by atoms with Gasteiger partial charge in [0.25, 0.3) is 5.91 Å². The fourth-order valence-electron chi connectivity index (χ4n) is 3.02. The SMILES string of the molecule is C=C(C#N)CNc1c(OC)ccc2ccc(-c3cnc(N)c(C(=O)NC)c3)cc12. The van der Waals surface area contributed by atoms with E-state index in [1.54, 1.807) is 26.4 Å². The third-order valence-electron chi connectivity index (χ3n) is 4.56. The van der Waals surface area contributed by atoms with Gasteiger partial charge in [0, 0.05) is 36.3 Å². The molecule has 3 rings (SSSR count). The number of pyridine rings is 1. The summed E-state index contributed by atoms with van der Waals surface area (Å²) in [5, 5.41) is 16.7. The average molecular weight is 387 g/mol. The predicted molar refractivity (Wildman–Crippen MR) is 115 cm³/mol. The first-order valence-electron chi connectivity index (χ1n) is 8.89. The number of anilines is 2. The van der Waals surface area contributed by atoms with E-state index in [9.17, 15) is 4.79 Å². The van der Waals surface area contributed by atoms with Gasteiger partial charge in [0.15, 0.2) is 0 Å². The number of carbonyl (C=O) groups excluding carboxylic acids is 1. The smallest absolute Gasteiger partial charge is 0.254 e. The first kappa shape index (κ1) is 19.7. The Hall–Kier alpha value is -4.05. The minimum Gasteiger partial charge on any atom is -0.495 e. The molecule has 0 saturated carbocycles. The summed E-state index contributed by atoms with van der Waals surface area (Å²) < 4.78 is 5.49. The van der Waals surface area contributed by atoms with Crippen molar-refractivity contribution in [1.82, 2.24) is 10.3 Å². The number of aromatic nitrogens is 1. The monoisotopic (exact) mass is 387 g/mol. The molecule has 1 amide bonds. The van der Waals surface area contributed by atoms with E-state index >= 15 is 0 Å². The maximum absolute atomic E-state index is 12.1. The van der Waals surface area contributed by atoms with Crippen LogP contribution in [-0.2, 0) is 0 Å². The number of carbonyl (C=O) groups is 1. The van der Waals surface area contributed by atoms with Gasteiger partial charge >= 0.3 is 0 Å². The second kappa shape index (κ2) is 8.31. The van der Waals surface area contributed by atoms with Gasteiger partial charge in [0.1, 0.15) is 11.6 Å². The van der Waals surface area contributed by atoms with E-state index in [2.05, 4.69) is 22.2 Å². The van der Waals surface area contributed by atoms with Crippen LogP contribution in [0.1, 0.15) is 10.4 Å². The molecule has 0 fully saturated rings. The highest BCUT2D eigenvalue weighted by Gasteiger charge is 2.13. The molecule has 3 aromatic rings. The van der Waals surface area contributed by atoms with Crippen LogP contribution in [0.5, 0.6) is 5.75 Å². The lowest BCUT2D eigenvalue weighted by atomic mass is 9.99. The molecule has 7 heteroatoms. The Morgan fingerprint density at radius 1 is 1.28 bits per heavy atom. The van der Waals surface area contributed by atoms with Gasteiger partial charge in [-0.3, -0.25) is 4.79 Å². The van der Waals surface area contributed by atoms with Gasteiger partial charge in [-0.1, -0.05) is 24.8 Å². The number of nitriles is 1. The van der Waals surface area contributed by atoms with E-state index in [0.29, 0.717) is 23.4 Å². The summed E-state index contributed by atoms with van der Waals surface area (Å²) in [6.07, 6.45) is 1.63. The second-order valence-electron chi connectivity index (χ2n) is 6.38. The fourth-order valence-corrected chi connectivity index (χ4v) is 3.02. The average Bonchev–Trinajstić information content (AvgIpc) is 2.76. The van der Waals surface area contributed by atoms with Crippen molar-refractivity contribution in [1.29, 1.82) is 5.26 Å². The van der Waals surface area contributed by atoms with Crippen LogP contribution in [0.3, 0.4) is 0 Å². The maximum Gasteiger partial charge on any atom is 0.254 e. The number of rotatable bonds is 6. The molecule has 0 radical (unpaired) electrons. The highest BCUT2D eigenvalue weighted by atomic mass is 16.5. The van der Waals surface area contributed by atoms with Crippen LogP contribution in [0.2, 0.25) is 0 Å². The Balaban J connectivity index is 2.13. The van der Waals surface area contributed by atoms with Crippen molar-refractivity contribution in [2.75, 3.05) is 31.8 Å². The van der Waals surface area contributed by atoms with Gasteiger partial charge in [0.05, 0.1) is 24.4 Å². The van der Waals surface area contributed by atoms with Crippen molar-refractivity contribution in [2.24, 2.45) is 0 Å². The van der Waals surface area contributed by atoms with Crippen molar-refractivity contribution in [3.63, 3.8) is 0 Å². The van der Waals surface area contributed by atoms with Crippen molar-refractivity contribution < 1.29 is 9.53 Å². The summed E-state index contributed by atoms with van der Waals surface area (Å²) >= 11 is 0. The zero-order valence-corrected chi connectivity index (χ0v) is 16.2. The Morgan fingerprint density at radius 2 is 2.03 bits per heavy atom. The van der Waals surface area contributed by atoms with E-state index in [1.807, 2.05) is 36.4 Å². The normalized spacial score (nSPS) is 10.2. The van der Waals surface area contributed by atoms with E-state index < -0.39 is 0 Å². The summed E-state index contributed by atoms with van der Waals surface area (Å²) in [6.45, 7) is 4.02. The van der Waals surface area contributed by atoms with Gasteiger partial charge in [-0.2, -0.15) is 5.26 Å². The largest absolute Gasteiger partial charge is 0.495 e. The van der Waals surface area contributed by atoms with Gasteiger partial charge < -0.3 is 21.1 Å². The number of hydrogen-bond acceptors (Lipinski definition) is 6. The minimum absolute atomic E-state index is 0.174. The maximum atomic E-state index is 12.1. The van der Waals surface area contributed by atoms with E-state index in [-0.39, 0.29) is 11.7 Å². The number of amides is 1. The Labute approximate surface area is 168 Å². The number of nitrogens with two attached hydrogens (primary N) is 1. The quantitative estimate of drug-likeness (QED) is 0.559. The van der Waals surface area contributed by atoms with Crippen LogP contribution in [-0.4, -0.2) is 31.6 Å². The molecule has 2 aromatic carbocycles. The van der Waals surface area contributed by atoms with Crippen LogP contribution >= 0.6 is 0 Å². The fraction of sp³-hybridized carbons (Fsp3) is 0.136. The molecule has 0 spiro atoms. The molecule has 7 nitrogen and oxygen atoms in total. The highest BCUT2D eigenvalue weighted by molar-refractivity contribution is 6.01. The molecule has 0 unspecified atom stereocenters. The molecule has 1 aromatic heterocycles. The molecule has 29 heavy (non-hydrogen) atoms. The standard InChI is InChI=1S/C22H21N5O2/c1-13(10-23)11-26-20-17-8-15(5-4-14(17)6-7-19(20)29-3)16-9-18(22(28)25-2)21(24)27-12-16/h4-9,12,26H,1,11H2,2-3H3,(H2,24,27)(H,25,28). The number of ether oxygens (including phenoxy) is 1. The molecule has 0 aliphatic heterocycles. The number of benzene rings is 2. The van der Waals surface area contributed by atoms with E-state index in [0.717, 1.165) is 27.6 Å². The predicted octanol–water partition coefficient (Wildman–Crippen LogP) is 3.34. The number of nitrogen functional groups attached to an aromatic ring is 1. The van der Waals surface area contributed by atoms with Gasteiger partial charge in [-0.25, -0.2) is 4.98 Å². The van der Waals surface area contributed by atoms with Crippen LogP contribution in [0.25, 0.3) is 21.9 Å².